The van der Waals surface area contributed by atoms with Crippen LogP contribution < -0.4 is 10.1 Å². The van der Waals surface area contributed by atoms with Gasteiger partial charge < -0.3 is 10.1 Å². The second-order valence-corrected chi connectivity index (χ2v) is 4.22. The van der Waals surface area contributed by atoms with E-state index in [9.17, 15) is 13.2 Å². The van der Waals surface area contributed by atoms with Gasteiger partial charge in [0.05, 0.1) is 5.56 Å². The van der Waals surface area contributed by atoms with Crippen molar-refractivity contribution in [2.45, 2.75) is 13.1 Å². The standard InChI is InChI=1S/C14H13F3N2O/c1-9-7-10(14(15,16)17)8-19-13(9)20-12-5-3-11(18-2)4-6-12/h3-8,18H,1-2H3. The van der Waals surface area contributed by atoms with Gasteiger partial charge in [-0.05, 0) is 37.3 Å². The molecule has 0 atom stereocenters. The zero-order valence-corrected chi connectivity index (χ0v) is 11.0. The summed E-state index contributed by atoms with van der Waals surface area (Å²) in [5, 5.41) is 2.96. The van der Waals surface area contributed by atoms with Gasteiger partial charge in [0.1, 0.15) is 5.75 Å². The molecule has 0 bridgehead atoms. The van der Waals surface area contributed by atoms with E-state index in [-0.39, 0.29) is 5.88 Å². The second kappa shape index (κ2) is 5.40. The molecule has 0 spiro atoms. The van der Waals surface area contributed by atoms with E-state index in [1.807, 2.05) is 0 Å². The smallest absolute Gasteiger partial charge is 0.417 e. The molecule has 0 radical (unpaired) electrons. The Hall–Kier alpha value is -2.24. The van der Waals surface area contributed by atoms with Crippen molar-refractivity contribution in [2.24, 2.45) is 0 Å². The Bertz CT molecular complexity index is 594. The first-order chi connectivity index (χ1) is 9.40. The number of alkyl halides is 3. The highest BCUT2D eigenvalue weighted by Crippen LogP contribution is 2.32. The molecule has 0 aliphatic heterocycles. The van der Waals surface area contributed by atoms with E-state index in [1.54, 1.807) is 31.3 Å². The van der Waals surface area contributed by atoms with Crippen LogP contribution in [0.3, 0.4) is 0 Å². The number of aromatic nitrogens is 1. The fourth-order valence-electron chi connectivity index (χ4n) is 1.63. The summed E-state index contributed by atoms with van der Waals surface area (Å²) in [6.45, 7) is 1.53. The summed E-state index contributed by atoms with van der Waals surface area (Å²) in [7, 11) is 1.79. The van der Waals surface area contributed by atoms with Crippen LogP contribution in [0.25, 0.3) is 0 Å². The highest BCUT2D eigenvalue weighted by atomic mass is 19.4. The fourth-order valence-corrected chi connectivity index (χ4v) is 1.63. The van der Waals surface area contributed by atoms with Gasteiger partial charge in [0.2, 0.25) is 5.88 Å². The molecule has 20 heavy (non-hydrogen) atoms. The fraction of sp³-hybridized carbons (Fsp3) is 0.214. The number of halogens is 3. The molecule has 2 aromatic rings. The molecular weight excluding hydrogens is 269 g/mol. The Morgan fingerprint density at radius 2 is 1.80 bits per heavy atom. The number of anilines is 1. The first kappa shape index (κ1) is 14.2. The third kappa shape index (κ3) is 3.20. The van der Waals surface area contributed by atoms with Crippen LogP contribution in [0.1, 0.15) is 11.1 Å². The van der Waals surface area contributed by atoms with Crippen molar-refractivity contribution in [3.8, 4) is 11.6 Å². The number of nitrogens with zero attached hydrogens (tertiary/aromatic N) is 1. The maximum Gasteiger partial charge on any atom is 0.417 e. The largest absolute Gasteiger partial charge is 0.439 e. The minimum absolute atomic E-state index is 0.162. The van der Waals surface area contributed by atoms with Crippen molar-refractivity contribution in [1.29, 1.82) is 0 Å². The van der Waals surface area contributed by atoms with E-state index in [0.717, 1.165) is 18.0 Å². The van der Waals surface area contributed by atoms with Crippen molar-refractivity contribution in [3.05, 3.63) is 47.7 Å². The number of rotatable bonds is 3. The third-order valence-electron chi connectivity index (χ3n) is 2.72. The molecule has 0 saturated heterocycles. The molecule has 1 aromatic carbocycles. The van der Waals surface area contributed by atoms with Crippen molar-refractivity contribution < 1.29 is 17.9 Å². The Morgan fingerprint density at radius 1 is 1.15 bits per heavy atom. The van der Waals surface area contributed by atoms with Crippen LogP contribution in [-0.2, 0) is 6.18 Å². The summed E-state index contributed by atoms with van der Waals surface area (Å²) in [5.74, 6) is 0.676. The number of nitrogens with one attached hydrogen (secondary N) is 1. The summed E-state index contributed by atoms with van der Waals surface area (Å²) >= 11 is 0. The van der Waals surface area contributed by atoms with E-state index >= 15 is 0 Å². The van der Waals surface area contributed by atoms with Crippen LogP contribution >= 0.6 is 0 Å². The van der Waals surface area contributed by atoms with Gasteiger partial charge in [-0.3, -0.25) is 0 Å². The monoisotopic (exact) mass is 282 g/mol. The first-order valence-electron chi connectivity index (χ1n) is 5.89. The molecular formula is C14H13F3N2O. The summed E-state index contributed by atoms with van der Waals surface area (Å²) in [6.07, 6.45) is -3.63. The molecule has 2 rings (SSSR count). The van der Waals surface area contributed by atoms with E-state index in [0.29, 0.717) is 11.3 Å². The number of benzene rings is 1. The van der Waals surface area contributed by atoms with Crippen LogP contribution in [0.2, 0.25) is 0 Å². The second-order valence-electron chi connectivity index (χ2n) is 4.22. The van der Waals surface area contributed by atoms with E-state index in [1.165, 1.54) is 6.92 Å². The normalized spacial score (nSPS) is 11.2. The molecule has 0 fully saturated rings. The van der Waals surface area contributed by atoms with Crippen molar-refractivity contribution in [1.82, 2.24) is 4.98 Å². The van der Waals surface area contributed by atoms with Gasteiger partial charge in [0.25, 0.3) is 0 Å². The molecule has 0 aliphatic carbocycles. The number of hydrogen-bond donors (Lipinski definition) is 1. The average Bonchev–Trinajstić information content (AvgIpc) is 2.41. The van der Waals surface area contributed by atoms with Crippen LogP contribution in [0.15, 0.2) is 36.5 Å². The van der Waals surface area contributed by atoms with Crippen molar-refractivity contribution >= 4 is 5.69 Å². The molecule has 1 heterocycles. The highest BCUT2D eigenvalue weighted by molar-refractivity contribution is 5.46. The highest BCUT2D eigenvalue weighted by Gasteiger charge is 2.31. The zero-order chi connectivity index (χ0) is 14.8. The predicted octanol–water partition coefficient (Wildman–Crippen LogP) is 4.24. The van der Waals surface area contributed by atoms with Crippen LogP contribution in [0, 0.1) is 6.92 Å². The first-order valence-corrected chi connectivity index (χ1v) is 5.89. The lowest BCUT2D eigenvalue weighted by atomic mass is 10.2. The molecule has 1 N–H and O–H groups in total. The lowest BCUT2D eigenvalue weighted by Crippen LogP contribution is -2.06. The minimum atomic E-state index is -4.40. The quantitative estimate of drug-likeness (QED) is 0.914. The average molecular weight is 282 g/mol. The topological polar surface area (TPSA) is 34.1 Å². The van der Waals surface area contributed by atoms with Crippen molar-refractivity contribution in [2.75, 3.05) is 12.4 Å². The Balaban J connectivity index is 2.21. The molecule has 0 aliphatic rings. The maximum absolute atomic E-state index is 12.5. The molecule has 0 unspecified atom stereocenters. The lowest BCUT2D eigenvalue weighted by molar-refractivity contribution is -0.137. The van der Waals surface area contributed by atoms with Gasteiger partial charge >= 0.3 is 6.18 Å². The molecule has 3 nitrogen and oxygen atoms in total. The van der Waals surface area contributed by atoms with Crippen LogP contribution in [0.4, 0.5) is 18.9 Å². The number of pyridine rings is 1. The summed E-state index contributed by atoms with van der Waals surface area (Å²) in [6, 6.07) is 8.04. The van der Waals surface area contributed by atoms with E-state index < -0.39 is 11.7 Å². The van der Waals surface area contributed by atoms with Gasteiger partial charge in [-0.1, -0.05) is 0 Å². The minimum Gasteiger partial charge on any atom is -0.439 e. The van der Waals surface area contributed by atoms with Gasteiger partial charge in [0.15, 0.2) is 0 Å². The SMILES string of the molecule is CNc1ccc(Oc2ncc(C(F)(F)F)cc2C)cc1. The number of aryl methyl sites for hydroxylation is 1. The Morgan fingerprint density at radius 3 is 2.30 bits per heavy atom. The van der Waals surface area contributed by atoms with Gasteiger partial charge in [-0.25, -0.2) is 4.98 Å². The van der Waals surface area contributed by atoms with Crippen LogP contribution in [-0.4, -0.2) is 12.0 Å². The third-order valence-corrected chi connectivity index (χ3v) is 2.72. The molecule has 0 saturated carbocycles. The number of hydrogen-bond acceptors (Lipinski definition) is 3. The van der Waals surface area contributed by atoms with Gasteiger partial charge in [0, 0.05) is 24.5 Å². The predicted molar refractivity (Wildman–Crippen MR) is 70.0 cm³/mol. The van der Waals surface area contributed by atoms with E-state index in [4.69, 9.17) is 4.74 Å². The maximum atomic E-state index is 12.5. The molecule has 1 aromatic heterocycles. The zero-order valence-electron chi connectivity index (χ0n) is 11.0. The molecule has 6 heteroatoms. The summed E-state index contributed by atoms with van der Waals surface area (Å²) < 4.78 is 43.0. The number of ether oxygens (including phenoxy) is 1. The molecule has 0 amide bonds. The van der Waals surface area contributed by atoms with Crippen LogP contribution in [0.5, 0.6) is 11.6 Å². The van der Waals surface area contributed by atoms with E-state index in [2.05, 4.69) is 10.3 Å². The Labute approximate surface area is 114 Å². The summed E-state index contributed by atoms with van der Waals surface area (Å²) in [5.41, 5.74) is 0.458. The molecule has 106 valence electrons. The van der Waals surface area contributed by atoms with Gasteiger partial charge in [-0.15, -0.1) is 0 Å². The van der Waals surface area contributed by atoms with Gasteiger partial charge in [-0.2, -0.15) is 13.2 Å². The summed E-state index contributed by atoms with van der Waals surface area (Å²) in [4.78, 5) is 3.72. The lowest BCUT2D eigenvalue weighted by Gasteiger charge is -2.11. The van der Waals surface area contributed by atoms with Crippen molar-refractivity contribution in [3.63, 3.8) is 0 Å². The Kier molecular flexibility index (Phi) is 3.83.